The number of benzene rings is 2. The lowest BCUT2D eigenvalue weighted by molar-refractivity contribution is 0.443. The third-order valence-corrected chi connectivity index (χ3v) is 4.69. The van der Waals surface area contributed by atoms with Gasteiger partial charge in [-0.15, -0.1) is 0 Å². The Hall–Kier alpha value is -2.01. The topological polar surface area (TPSA) is 55.4 Å². The van der Waals surface area contributed by atoms with Crippen LogP contribution in [0.25, 0.3) is 0 Å². The van der Waals surface area contributed by atoms with E-state index in [0.29, 0.717) is 11.5 Å². The second-order valence-electron chi connectivity index (χ2n) is 3.96. The van der Waals surface area contributed by atoms with E-state index >= 15 is 0 Å². The Bertz CT molecular complexity index is 723. The molecular formula is C13H11NO3S. The minimum absolute atomic E-state index is 0.202. The van der Waals surface area contributed by atoms with Crippen LogP contribution in [0.3, 0.4) is 0 Å². The highest BCUT2D eigenvalue weighted by molar-refractivity contribution is 7.91. The van der Waals surface area contributed by atoms with Crippen LogP contribution in [0.2, 0.25) is 0 Å². The van der Waals surface area contributed by atoms with Crippen molar-refractivity contribution in [1.29, 1.82) is 0 Å². The van der Waals surface area contributed by atoms with E-state index in [9.17, 15) is 8.42 Å². The average Bonchev–Trinajstić information content (AvgIpc) is 2.39. The third kappa shape index (κ3) is 1.48. The van der Waals surface area contributed by atoms with Crippen molar-refractivity contribution in [3.8, 4) is 11.5 Å². The Morgan fingerprint density at radius 2 is 1.72 bits per heavy atom. The molecule has 1 heterocycles. The van der Waals surface area contributed by atoms with Gasteiger partial charge in [-0.3, -0.25) is 0 Å². The van der Waals surface area contributed by atoms with Gasteiger partial charge in [0.2, 0.25) is 9.84 Å². The first-order valence-electron chi connectivity index (χ1n) is 5.47. The maximum absolute atomic E-state index is 12.5. The van der Waals surface area contributed by atoms with Crippen LogP contribution in [0.15, 0.2) is 52.3 Å². The second-order valence-corrected chi connectivity index (χ2v) is 5.85. The van der Waals surface area contributed by atoms with Gasteiger partial charge >= 0.3 is 0 Å². The van der Waals surface area contributed by atoms with Crippen LogP contribution < -0.4 is 10.1 Å². The van der Waals surface area contributed by atoms with Crippen molar-refractivity contribution in [2.45, 2.75) is 9.79 Å². The van der Waals surface area contributed by atoms with E-state index in [1.165, 1.54) is 0 Å². The molecule has 0 aliphatic carbocycles. The number of sulfone groups is 1. The maximum Gasteiger partial charge on any atom is 0.214 e. The largest absolute Gasteiger partial charge is 0.455 e. The zero-order chi connectivity index (χ0) is 12.8. The molecule has 3 rings (SSSR count). The summed E-state index contributed by atoms with van der Waals surface area (Å²) in [6.45, 7) is 0. The van der Waals surface area contributed by atoms with Crippen molar-refractivity contribution in [1.82, 2.24) is 0 Å². The van der Waals surface area contributed by atoms with Gasteiger partial charge in [-0.25, -0.2) is 8.42 Å². The second kappa shape index (κ2) is 3.74. The molecule has 0 bridgehead atoms. The van der Waals surface area contributed by atoms with Crippen LogP contribution in [0.4, 0.5) is 5.69 Å². The highest BCUT2D eigenvalue weighted by Crippen LogP contribution is 2.43. The highest BCUT2D eigenvalue weighted by atomic mass is 32.2. The first-order chi connectivity index (χ1) is 8.63. The molecule has 2 aromatic rings. The molecule has 0 spiro atoms. The summed E-state index contributed by atoms with van der Waals surface area (Å²) in [5, 5.41) is 2.92. The summed E-state index contributed by atoms with van der Waals surface area (Å²) in [6.07, 6.45) is 0. The Morgan fingerprint density at radius 3 is 2.50 bits per heavy atom. The maximum atomic E-state index is 12.5. The third-order valence-electron chi connectivity index (χ3n) is 2.88. The smallest absolute Gasteiger partial charge is 0.214 e. The molecule has 92 valence electrons. The highest BCUT2D eigenvalue weighted by Gasteiger charge is 2.31. The van der Waals surface area contributed by atoms with Crippen LogP contribution >= 0.6 is 0 Å². The molecule has 0 amide bonds. The molecule has 0 atom stereocenters. The van der Waals surface area contributed by atoms with Gasteiger partial charge in [0.05, 0.1) is 0 Å². The zero-order valence-electron chi connectivity index (χ0n) is 9.67. The van der Waals surface area contributed by atoms with Gasteiger partial charge in [-0.2, -0.15) is 0 Å². The molecule has 1 aliphatic heterocycles. The lowest BCUT2D eigenvalue weighted by Crippen LogP contribution is -2.11. The molecule has 1 aliphatic rings. The van der Waals surface area contributed by atoms with Gasteiger partial charge in [0.1, 0.15) is 21.3 Å². The minimum Gasteiger partial charge on any atom is -0.455 e. The number of fused-ring (bicyclic) bond motifs is 2. The SMILES string of the molecule is CNc1ccc2c(c1)S(=O)(=O)c1ccccc1O2. The molecule has 0 fully saturated rings. The van der Waals surface area contributed by atoms with Crippen LogP contribution in [0, 0.1) is 0 Å². The van der Waals surface area contributed by atoms with E-state index in [-0.39, 0.29) is 9.79 Å². The van der Waals surface area contributed by atoms with Crippen molar-refractivity contribution in [3.05, 3.63) is 42.5 Å². The van der Waals surface area contributed by atoms with Crippen LogP contribution in [0.1, 0.15) is 0 Å². The summed E-state index contributed by atoms with van der Waals surface area (Å²) in [6, 6.07) is 11.7. The monoisotopic (exact) mass is 261 g/mol. The molecule has 2 aromatic carbocycles. The van der Waals surface area contributed by atoms with Crippen molar-refractivity contribution < 1.29 is 13.2 Å². The summed E-state index contributed by atoms with van der Waals surface area (Å²) in [4.78, 5) is 0.416. The average molecular weight is 261 g/mol. The van der Waals surface area contributed by atoms with E-state index in [4.69, 9.17) is 4.74 Å². The fourth-order valence-corrected chi connectivity index (χ4v) is 3.48. The number of para-hydroxylation sites is 1. The van der Waals surface area contributed by atoms with E-state index in [0.717, 1.165) is 5.69 Å². The number of hydrogen-bond acceptors (Lipinski definition) is 4. The summed E-state index contributed by atoms with van der Waals surface area (Å²) >= 11 is 0. The van der Waals surface area contributed by atoms with Gasteiger partial charge < -0.3 is 10.1 Å². The standard InChI is InChI=1S/C13H11NO3S/c1-14-9-6-7-11-13(8-9)18(15,16)12-5-3-2-4-10(12)17-11/h2-8,14H,1H3. The Kier molecular flexibility index (Phi) is 2.31. The number of hydrogen-bond donors (Lipinski definition) is 1. The molecule has 1 N–H and O–H groups in total. The van der Waals surface area contributed by atoms with Crippen LogP contribution in [-0.4, -0.2) is 15.5 Å². The van der Waals surface area contributed by atoms with E-state index in [2.05, 4.69) is 5.32 Å². The molecule has 0 unspecified atom stereocenters. The fraction of sp³-hybridized carbons (Fsp3) is 0.0769. The van der Waals surface area contributed by atoms with Crippen molar-refractivity contribution >= 4 is 15.5 Å². The van der Waals surface area contributed by atoms with Crippen molar-refractivity contribution in [2.24, 2.45) is 0 Å². The zero-order valence-corrected chi connectivity index (χ0v) is 10.5. The molecule has 0 saturated carbocycles. The fourth-order valence-electron chi connectivity index (χ4n) is 1.95. The summed E-state index contributed by atoms with van der Waals surface area (Å²) in [5.41, 5.74) is 0.736. The van der Waals surface area contributed by atoms with Gasteiger partial charge in [-0.1, -0.05) is 12.1 Å². The number of anilines is 1. The lowest BCUT2D eigenvalue weighted by atomic mass is 10.3. The van der Waals surface area contributed by atoms with Gasteiger partial charge in [0, 0.05) is 12.7 Å². The Labute approximate surface area is 105 Å². The Balaban J connectivity index is 2.29. The van der Waals surface area contributed by atoms with Gasteiger partial charge in [0.25, 0.3) is 0 Å². The normalized spacial score (nSPS) is 15.2. The van der Waals surface area contributed by atoms with Crippen molar-refractivity contribution in [2.75, 3.05) is 12.4 Å². The van der Waals surface area contributed by atoms with E-state index in [1.54, 1.807) is 49.5 Å². The summed E-state index contributed by atoms with van der Waals surface area (Å²) in [5.74, 6) is 0.745. The van der Waals surface area contributed by atoms with Gasteiger partial charge in [0.15, 0.2) is 0 Å². The van der Waals surface area contributed by atoms with E-state index < -0.39 is 9.84 Å². The quantitative estimate of drug-likeness (QED) is 0.731. The molecule has 4 nitrogen and oxygen atoms in total. The van der Waals surface area contributed by atoms with E-state index in [1.807, 2.05) is 0 Å². The predicted molar refractivity (Wildman–Crippen MR) is 68.0 cm³/mol. The molecule has 5 heteroatoms. The molecular weight excluding hydrogens is 250 g/mol. The number of nitrogens with one attached hydrogen (secondary N) is 1. The molecule has 0 saturated heterocycles. The van der Waals surface area contributed by atoms with Crippen LogP contribution in [0.5, 0.6) is 11.5 Å². The molecule has 0 radical (unpaired) electrons. The first-order valence-corrected chi connectivity index (χ1v) is 6.95. The predicted octanol–water partition coefficient (Wildman–Crippen LogP) is 2.67. The minimum atomic E-state index is -3.50. The number of rotatable bonds is 1. The first kappa shape index (κ1) is 11.1. The van der Waals surface area contributed by atoms with Crippen LogP contribution in [-0.2, 0) is 9.84 Å². The Morgan fingerprint density at radius 1 is 1.00 bits per heavy atom. The molecule has 0 aromatic heterocycles. The lowest BCUT2D eigenvalue weighted by Gasteiger charge is -2.20. The summed E-state index contributed by atoms with van der Waals surface area (Å²) in [7, 11) is -1.76. The van der Waals surface area contributed by atoms with Gasteiger partial charge in [-0.05, 0) is 30.3 Å². The molecule has 18 heavy (non-hydrogen) atoms. The summed E-state index contributed by atoms with van der Waals surface area (Å²) < 4.78 is 30.5. The number of ether oxygens (including phenoxy) is 1. The van der Waals surface area contributed by atoms with Crippen molar-refractivity contribution in [3.63, 3.8) is 0 Å².